The number of urea groups is 1. The van der Waals surface area contributed by atoms with Gasteiger partial charge in [-0.25, -0.2) is 4.79 Å². The van der Waals surface area contributed by atoms with Crippen molar-refractivity contribution in [3.8, 4) is 0 Å². The van der Waals surface area contributed by atoms with E-state index in [0.717, 1.165) is 35.9 Å². The Morgan fingerprint density at radius 1 is 1.04 bits per heavy atom. The number of nitrogens with one attached hydrogen (secondary N) is 1. The maximum Gasteiger partial charge on any atom is 0.317 e. The average Bonchev–Trinajstić information content (AvgIpc) is 3.07. The smallest absolute Gasteiger partial charge is 0.317 e. The van der Waals surface area contributed by atoms with E-state index in [4.69, 9.17) is 0 Å². The molecule has 1 fully saturated rings. The molecule has 1 N–H and O–H groups in total. The second kappa shape index (κ2) is 6.99. The molecule has 2 aromatic heterocycles. The van der Waals surface area contributed by atoms with Gasteiger partial charge in [0.05, 0.1) is 0 Å². The van der Waals surface area contributed by atoms with Crippen molar-refractivity contribution in [2.75, 3.05) is 31.1 Å². The van der Waals surface area contributed by atoms with Crippen LogP contribution in [-0.4, -0.2) is 56.9 Å². The summed E-state index contributed by atoms with van der Waals surface area (Å²) in [4.78, 5) is 16.4. The molecule has 26 heavy (non-hydrogen) atoms. The van der Waals surface area contributed by atoms with Gasteiger partial charge in [0.15, 0.2) is 11.5 Å². The lowest BCUT2D eigenvalue weighted by atomic mass is 10.2. The number of hydrogen-bond donors (Lipinski definition) is 1. The first-order valence-corrected chi connectivity index (χ1v) is 8.71. The number of carbonyl (C=O) groups is 1. The molecule has 1 aliphatic rings. The van der Waals surface area contributed by atoms with E-state index in [9.17, 15) is 4.79 Å². The summed E-state index contributed by atoms with van der Waals surface area (Å²) in [6.45, 7) is 5.26. The number of carbonyl (C=O) groups excluding carboxylic acids is 1. The maximum atomic E-state index is 12.4. The largest absolute Gasteiger partial charge is 0.352 e. The molecule has 1 saturated heterocycles. The van der Waals surface area contributed by atoms with Crippen molar-refractivity contribution in [2.45, 2.75) is 13.5 Å². The van der Waals surface area contributed by atoms with Crippen molar-refractivity contribution in [2.24, 2.45) is 0 Å². The normalized spacial score (nSPS) is 14.7. The van der Waals surface area contributed by atoms with Gasteiger partial charge in [-0.05, 0) is 24.6 Å². The molecular formula is C18H21N7O. The molecule has 4 rings (SSSR count). The fourth-order valence-corrected chi connectivity index (χ4v) is 3.08. The SMILES string of the molecule is Cc1nnc2ccc(N3CCN(C(=O)NCc4ccccc4)CC3)nn12. The lowest BCUT2D eigenvalue weighted by Gasteiger charge is -2.35. The third-order valence-corrected chi connectivity index (χ3v) is 4.58. The number of piperazine rings is 1. The van der Waals surface area contributed by atoms with E-state index >= 15 is 0 Å². The number of nitrogens with zero attached hydrogens (tertiary/aromatic N) is 6. The van der Waals surface area contributed by atoms with Crippen LogP contribution in [0.25, 0.3) is 5.65 Å². The molecular weight excluding hydrogens is 330 g/mol. The average molecular weight is 351 g/mol. The Kier molecular flexibility index (Phi) is 4.39. The molecule has 1 aromatic carbocycles. The highest BCUT2D eigenvalue weighted by atomic mass is 16.2. The van der Waals surface area contributed by atoms with E-state index in [0.29, 0.717) is 19.6 Å². The second-order valence-corrected chi connectivity index (χ2v) is 6.33. The van der Waals surface area contributed by atoms with Crippen molar-refractivity contribution in [3.05, 3.63) is 53.9 Å². The van der Waals surface area contributed by atoms with E-state index in [1.165, 1.54) is 0 Å². The summed E-state index contributed by atoms with van der Waals surface area (Å²) in [6, 6.07) is 13.8. The minimum atomic E-state index is -0.0217. The molecule has 0 saturated carbocycles. The number of fused-ring (bicyclic) bond motifs is 1. The summed E-state index contributed by atoms with van der Waals surface area (Å²) in [7, 11) is 0. The first-order chi connectivity index (χ1) is 12.7. The molecule has 3 aromatic rings. The number of benzene rings is 1. The quantitative estimate of drug-likeness (QED) is 0.773. The van der Waals surface area contributed by atoms with Gasteiger partial charge >= 0.3 is 6.03 Å². The second-order valence-electron chi connectivity index (χ2n) is 6.33. The third-order valence-electron chi connectivity index (χ3n) is 4.58. The Morgan fingerprint density at radius 2 is 1.81 bits per heavy atom. The molecule has 0 radical (unpaired) electrons. The third kappa shape index (κ3) is 3.30. The monoisotopic (exact) mass is 351 g/mol. The van der Waals surface area contributed by atoms with Crippen molar-refractivity contribution < 1.29 is 4.79 Å². The van der Waals surface area contributed by atoms with Gasteiger partial charge in [0.25, 0.3) is 0 Å². The summed E-state index contributed by atoms with van der Waals surface area (Å²) < 4.78 is 1.74. The van der Waals surface area contributed by atoms with E-state index in [2.05, 4.69) is 25.5 Å². The number of anilines is 1. The number of hydrogen-bond acceptors (Lipinski definition) is 5. The molecule has 2 amide bonds. The van der Waals surface area contributed by atoms with Crippen LogP contribution in [0.3, 0.4) is 0 Å². The summed E-state index contributed by atoms with van der Waals surface area (Å²) in [5, 5.41) is 15.7. The molecule has 0 unspecified atom stereocenters. The maximum absolute atomic E-state index is 12.4. The highest BCUT2D eigenvalue weighted by molar-refractivity contribution is 5.74. The van der Waals surface area contributed by atoms with E-state index in [-0.39, 0.29) is 6.03 Å². The van der Waals surface area contributed by atoms with Gasteiger partial charge in [0.2, 0.25) is 0 Å². The molecule has 8 heteroatoms. The summed E-state index contributed by atoms with van der Waals surface area (Å²) in [6.07, 6.45) is 0. The fraction of sp³-hybridized carbons (Fsp3) is 0.333. The molecule has 0 spiro atoms. The minimum Gasteiger partial charge on any atom is -0.352 e. The Hall–Kier alpha value is -3.16. The highest BCUT2D eigenvalue weighted by Crippen LogP contribution is 2.15. The molecule has 0 aliphatic carbocycles. The highest BCUT2D eigenvalue weighted by Gasteiger charge is 2.22. The van der Waals surface area contributed by atoms with E-state index in [1.807, 2.05) is 54.3 Å². The summed E-state index contributed by atoms with van der Waals surface area (Å²) >= 11 is 0. The van der Waals surface area contributed by atoms with Crippen LogP contribution < -0.4 is 10.2 Å². The van der Waals surface area contributed by atoms with Crippen LogP contribution in [-0.2, 0) is 6.54 Å². The Morgan fingerprint density at radius 3 is 2.58 bits per heavy atom. The zero-order valence-corrected chi connectivity index (χ0v) is 14.7. The number of aryl methyl sites for hydroxylation is 1. The van der Waals surface area contributed by atoms with Crippen molar-refractivity contribution in [1.29, 1.82) is 0 Å². The topological polar surface area (TPSA) is 78.7 Å². The van der Waals surface area contributed by atoms with Gasteiger partial charge in [0.1, 0.15) is 5.82 Å². The molecule has 0 bridgehead atoms. The Labute approximate surface area is 151 Å². The van der Waals surface area contributed by atoms with Crippen molar-refractivity contribution in [3.63, 3.8) is 0 Å². The van der Waals surface area contributed by atoms with Gasteiger partial charge in [-0.15, -0.1) is 15.3 Å². The van der Waals surface area contributed by atoms with Crippen molar-refractivity contribution in [1.82, 2.24) is 30.0 Å². The van der Waals surface area contributed by atoms with Gasteiger partial charge in [-0.1, -0.05) is 30.3 Å². The van der Waals surface area contributed by atoms with Gasteiger partial charge in [-0.3, -0.25) is 0 Å². The van der Waals surface area contributed by atoms with Crippen LogP contribution in [0.5, 0.6) is 0 Å². The first kappa shape index (κ1) is 16.3. The lowest BCUT2D eigenvalue weighted by molar-refractivity contribution is 0.194. The van der Waals surface area contributed by atoms with E-state index < -0.39 is 0 Å². The van der Waals surface area contributed by atoms with E-state index in [1.54, 1.807) is 4.52 Å². The van der Waals surface area contributed by atoms with Crippen LogP contribution >= 0.6 is 0 Å². The summed E-state index contributed by atoms with van der Waals surface area (Å²) in [5.41, 5.74) is 1.84. The van der Waals surface area contributed by atoms with Crippen molar-refractivity contribution >= 4 is 17.5 Å². The molecule has 1 aliphatic heterocycles. The number of aromatic nitrogens is 4. The number of rotatable bonds is 3. The van der Waals surface area contributed by atoms with Crippen LogP contribution in [0.1, 0.15) is 11.4 Å². The lowest BCUT2D eigenvalue weighted by Crippen LogP contribution is -2.52. The fourth-order valence-electron chi connectivity index (χ4n) is 3.08. The first-order valence-electron chi connectivity index (χ1n) is 8.71. The van der Waals surface area contributed by atoms with Crippen LogP contribution in [0.4, 0.5) is 10.6 Å². The van der Waals surface area contributed by atoms with Gasteiger partial charge < -0.3 is 15.1 Å². The molecule has 3 heterocycles. The molecule has 0 atom stereocenters. The zero-order chi connectivity index (χ0) is 17.9. The standard InChI is InChI=1S/C18H21N7O/c1-14-20-21-16-7-8-17(22-25(14)16)23-9-11-24(12-10-23)18(26)19-13-15-5-3-2-4-6-15/h2-8H,9-13H2,1H3,(H,19,26). The van der Waals surface area contributed by atoms with Gasteiger partial charge in [-0.2, -0.15) is 4.52 Å². The molecule has 134 valence electrons. The predicted octanol–water partition coefficient (Wildman–Crippen LogP) is 1.46. The van der Waals surface area contributed by atoms with Crippen LogP contribution in [0.15, 0.2) is 42.5 Å². The zero-order valence-electron chi connectivity index (χ0n) is 14.7. The summed E-state index contributed by atoms with van der Waals surface area (Å²) in [5.74, 6) is 1.64. The number of amides is 2. The predicted molar refractivity (Wildman–Crippen MR) is 98.0 cm³/mol. The van der Waals surface area contributed by atoms with Crippen LogP contribution in [0.2, 0.25) is 0 Å². The molecule has 8 nitrogen and oxygen atoms in total. The Bertz CT molecular complexity index is 900. The van der Waals surface area contributed by atoms with Gasteiger partial charge in [0, 0.05) is 32.7 Å². The van der Waals surface area contributed by atoms with Crippen LogP contribution in [0, 0.1) is 6.92 Å². The minimum absolute atomic E-state index is 0.0217. The Balaban J connectivity index is 1.34.